The summed E-state index contributed by atoms with van der Waals surface area (Å²) in [5, 5.41) is 4.99. The highest BCUT2D eigenvalue weighted by Crippen LogP contribution is 2.20. The van der Waals surface area contributed by atoms with Crippen molar-refractivity contribution in [2.75, 3.05) is 26.2 Å². The maximum absolute atomic E-state index is 5.96. The van der Waals surface area contributed by atoms with Gasteiger partial charge in [0, 0.05) is 16.7 Å². The molecule has 0 amide bonds. The molecule has 0 aliphatic carbocycles. The first-order valence-electron chi connectivity index (χ1n) is 8.67. The summed E-state index contributed by atoms with van der Waals surface area (Å²) in [5.41, 5.74) is 2.34. The Hall–Kier alpha value is -2.08. The molecule has 5 nitrogen and oxygen atoms in total. The van der Waals surface area contributed by atoms with E-state index in [-0.39, 0.29) is 0 Å². The van der Waals surface area contributed by atoms with E-state index in [9.17, 15) is 0 Å². The number of quaternary nitrogens is 2. The fourth-order valence-corrected chi connectivity index (χ4v) is 3.51. The van der Waals surface area contributed by atoms with Gasteiger partial charge < -0.3 is 18.7 Å². The van der Waals surface area contributed by atoms with Gasteiger partial charge in [0.1, 0.15) is 45.0 Å². The Kier molecular flexibility index (Phi) is 4.88. The number of hydrogen-bond acceptors (Lipinski definition) is 3. The molecule has 25 heavy (non-hydrogen) atoms. The standard InChI is InChI=1S/C19H20ClN3O2/c20-16-5-3-15(4-6-16)13-22-7-9-23(10-8-22)14-17-12-19(25-21-17)18-2-1-11-24-18/h1-6,11-12H,7-10,13-14H2/p+2. The van der Waals surface area contributed by atoms with E-state index >= 15 is 0 Å². The molecule has 0 spiro atoms. The molecule has 130 valence electrons. The zero-order chi connectivity index (χ0) is 17.1. The molecule has 0 radical (unpaired) electrons. The lowest BCUT2D eigenvalue weighted by Crippen LogP contribution is -3.27. The number of aromatic nitrogens is 1. The van der Waals surface area contributed by atoms with Gasteiger partial charge in [0.25, 0.3) is 0 Å². The van der Waals surface area contributed by atoms with Crippen LogP contribution < -0.4 is 9.80 Å². The van der Waals surface area contributed by atoms with Crippen molar-refractivity contribution in [3.63, 3.8) is 0 Å². The lowest BCUT2D eigenvalue weighted by atomic mass is 10.2. The Balaban J connectivity index is 1.28. The van der Waals surface area contributed by atoms with Crippen LogP contribution in [0.2, 0.25) is 5.02 Å². The summed E-state index contributed by atoms with van der Waals surface area (Å²) in [4.78, 5) is 3.18. The van der Waals surface area contributed by atoms with Gasteiger partial charge in [-0.3, -0.25) is 0 Å². The Morgan fingerprint density at radius 3 is 2.32 bits per heavy atom. The predicted molar refractivity (Wildman–Crippen MR) is 94.5 cm³/mol. The van der Waals surface area contributed by atoms with Crippen LogP contribution >= 0.6 is 11.6 Å². The molecule has 2 N–H and O–H groups in total. The summed E-state index contributed by atoms with van der Waals surface area (Å²) in [6.45, 7) is 6.59. The lowest BCUT2D eigenvalue weighted by Gasteiger charge is -2.29. The minimum atomic E-state index is 0.700. The van der Waals surface area contributed by atoms with E-state index in [2.05, 4.69) is 17.3 Å². The molecule has 1 aliphatic rings. The zero-order valence-electron chi connectivity index (χ0n) is 14.0. The average molecular weight is 360 g/mol. The van der Waals surface area contributed by atoms with Gasteiger partial charge in [0.15, 0.2) is 5.76 Å². The second kappa shape index (κ2) is 7.44. The van der Waals surface area contributed by atoms with E-state index in [1.807, 2.05) is 30.3 Å². The fourth-order valence-electron chi connectivity index (χ4n) is 3.39. The molecule has 0 unspecified atom stereocenters. The molecule has 1 aromatic carbocycles. The molecule has 0 saturated carbocycles. The number of hydrogen-bond donors (Lipinski definition) is 2. The monoisotopic (exact) mass is 359 g/mol. The number of benzene rings is 1. The third-order valence-electron chi connectivity index (χ3n) is 4.79. The smallest absolute Gasteiger partial charge is 0.202 e. The fraction of sp³-hybridized carbons (Fsp3) is 0.316. The van der Waals surface area contributed by atoms with Crippen molar-refractivity contribution in [3.8, 4) is 11.5 Å². The van der Waals surface area contributed by atoms with Crippen molar-refractivity contribution in [2.24, 2.45) is 0 Å². The van der Waals surface area contributed by atoms with Crippen LogP contribution in [0.5, 0.6) is 0 Å². The predicted octanol–water partition coefficient (Wildman–Crippen LogP) is 1.07. The third kappa shape index (κ3) is 4.12. The number of halogens is 1. The van der Waals surface area contributed by atoms with E-state index < -0.39 is 0 Å². The highest BCUT2D eigenvalue weighted by Gasteiger charge is 2.24. The lowest BCUT2D eigenvalue weighted by molar-refractivity contribution is -1.02. The first-order chi connectivity index (χ1) is 12.3. The van der Waals surface area contributed by atoms with E-state index in [4.69, 9.17) is 20.5 Å². The number of piperazine rings is 1. The summed E-state index contributed by atoms with van der Waals surface area (Å²) in [7, 11) is 0. The van der Waals surface area contributed by atoms with Crippen LogP contribution in [0, 0.1) is 0 Å². The van der Waals surface area contributed by atoms with Gasteiger partial charge in [-0.1, -0.05) is 28.9 Å². The summed E-state index contributed by atoms with van der Waals surface area (Å²) >= 11 is 5.96. The highest BCUT2D eigenvalue weighted by atomic mass is 35.5. The Bertz CT molecular complexity index is 790. The van der Waals surface area contributed by atoms with E-state index in [1.165, 1.54) is 18.7 Å². The molecule has 3 heterocycles. The van der Waals surface area contributed by atoms with Crippen LogP contribution in [0.25, 0.3) is 11.5 Å². The minimum absolute atomic E-state index is 0.700. The summed E-state index contributed by atoms with van der Waals surface area (Å²) in [5.74, 6) is 1.43. The molecule has 4 rings (SSSR count). The van der Waals surface area contributed by atoms with Gasteiger partial charge in [0.2, 0.25) is 5.76 Å². The van der Waals surface area contributed by atoms with E-state index in [0.29, 0.717) is 5.76 Å². The second-order valence-corrected chi connectivity index (χ2v) is 7.08. The van der Waals surface area contributed by atoms with Gasteiger partial charge in [0.05, 0.1) is 6.26 Å². The van der Waals surface area contributed by atoms with Gasteiger partial charge in [-0.2, -0.15) is 0 Å². The Morgan fingerprint density at radius 1 is 0.920 bits per heavy atom. The topological polar surface area (TPSA) is 48.1 Å². The zero-order valence-corrected chi connectivity index (χ0v) is 14.8. The largest absolute Gasteiger partial charge is 0.461 e. The molecule has 3 aromatic rings. The molecule has 1 fully saturated rings. The number of furan rings is 1. The first-order valence-corrected chi connectivity index (χ1v) is 9.05. The molecule has 1 saturated heterocycles. The van der Waals surface area contributed by atoms with Gasteiger partial charge >= 0.3 is 0 Å². The van der Waals surface area contributed by atoms with Gasteiger partial charge in [-0.25, -0.2) is 0 Å². The van der Waals surface area contributed by atoms with E-state index in [0.717, 1.165) is 42.7 Å². The number of nitrogens with zero attached hydrogens (tertiary/aromatic N) is 1. The molecule has 1 aliphatic heterocycles. The van der Waals surface area contributed by atoms with Crippen molar-refractivity contribution in [1.82, 2.24) is 5.16 Å². The van der Waals surface area contributed by atoms with Crippen molar-refractivity contribution in [2.45, 2.75) is 13.1 Å². The van der Waals surface area contributed by atoms with Crippen LogP contribution in [0.3, 0.4) is 0 Å². The molecule has 2 aromatic heterocycles. The summed E-state index contributed by atoms with van der Waals surface area (Å²) < 4.78 is 10.7. The third-order valence-corrected chi connectivity index (χ3v) is 5.04. The number of nitrogens with one attached hydrogen (secondary N) is 2. The second-order valence-electron chi connectivity index (χ2n) is 6.64. The van der Waals surface area contributed by atoms with Crippen molar-refractivity contribution < 1.29 is 18.7 Å². The highest BCUT2D eigenvalue weighted by molar-refractivity contribution is 6.30. The van der Waals surface area contributed by atoms with Crippen LogP contribution in [0.15, 0.2) is 57.7 Å². The molecule has 0 bridgehead atoms. The number of rotatable bonds is 5. The Labute approximate surface area is 151 Å². The van der Waals surface area contributed by atoms with Crippen LogP contribution in [-0.4, -0.2) is 31.3 Å². The summed E-state index contributed by atoms with van der Waals surface area (Å²) in [6, 6.07) is 13.9. The molecule has 0 atom stereocenters. The maximum Gasteiger partial charge on any atom is 0.202 e. The Morgan fingerprint density at radius 2 is 1.64 bits per heavy atom. The quantitative estimate of drug-likeness (QED) is 0.716. The average Bonchev–Trinajstić information content (AvgIpc) is 3.30. The molecular weight excluding hydrogens is 338 g/mol. The van der Waals surface area contributed by atoms with Crippen LogP contribution in [0.1, 0.15) is 11.3 Å². The van der Waals surface area contributed by atoms with Crippen molar-refractivity contribution in [1.29, 1.82) is 0 Å². The van der Waals surface area contributed by atoms with Crippen LogP contribution in [0.4, 0.5) is 0 Å². The minimum Gasteiger partial charge on any atom is -0.461 e. The molecular formula is C19H22ClN3O2+2. The normalized spacial score (nSPS) is 20.7. The molecule has 6 heteroatoms. The maximum atomic E-state index is 5.96. The van der Waals surface area contributed by atoms with Crippen molar-refractivity contribution >= 4 is 11.6 Å². The van der Waals surface area contributed by atoms with Gasteiger partial charge in [-0.05, 0) is 24.3 Å². The van der Waals surface area contributed by atoms with Gasteiger partial charge in [-0.15, -0.1) is 0 Å². The van der Waals surface area contributed by atoms with E-state index in [1.54, 1.807) is 16.1 Å². The first kappa shape index (κ1) is 16.4. The van der Waals surface area contributed by atoms with Crippen molar-refractivity contribution in [3.05, 3.63) is 65.0 Å². The SMILES string of the molecule is Clc1ccc(C[NH+]2CC[NH+](Cc3cc(-c4ccco4)on3)CC2)cc1. The summed E-state index contributed by atoms with van der Waals surface area (Å²) in [6.07, 6.45) is 1.64. The van der Waals surface area contributed by atoms with Crippen LogP contribution in [-0.2, 0) is 13.1 Å².